The molecule has 3 N–H and O–H groups in total. The van der Waals surface area contributed by atoms with E-state index in [-0.39, 0.29) is 5.84 Å². The second-order valence-corrected chi connectivity index (χ2v) is 3.18. The smallest absolute Gasteiger partial charge is 0.173 e. The van der Waals surface area contributed by atoms with E-state index in [2.05, 4.69) is 22.3 Å². The van der Waals surface area contributed by atoms with Crippen molar-refractivity contribution < 1.29 is 5.21 Å². The lowest BCUT2D eigenvalue weighted by Gasteiger charge is -2.18. The van der Waals surface area contributed by atoms with Crippen LogP contribution in [0.15, 0.2) is 17.4 Å². The SMILES string of the molecule is CCCN(C)c1nnccc1/C(N)=N/O. The number of oxime groups is 1. The quantitative estimate of drug-likeness (QED) is 0.325. The monoisotopic (exact) mass is 209 g/mol. The van der Waals surface area contributed by atoms with Gasteiger partial charge < -0.3 is 15.8 Å². The third-order valence-electron chi connectivity index (χ3n) is 2.01. The summed E-state index contributed by atoms with van der Waals surface area (Å²) in [7, 11) is 1.89. The van der Waals surface area contributed by atoms with Crippen molar-refractivity contribution in [2.45, 2.75) is 13.3 Å². The Morgan fingerprint density at radius 3 is 3.00 bits per heavy atom. The molecule has 0 aliphatic rings. The summed E-state index contributed by atoms with van der Waals surface area (Å²) in [4.78, 5) is 1.92. The Morgan fingerprint density at radius 1 is 1.67 bits per heavy atom. The van der Waals surface area contributed by atoms with Crippen LogP contribution in [0.25, 0.3) is 0 Å². The van der Waals surface area contributed by atoms with Crippen LogP contribution in [0, 0.1) is 0 Å². The summed E-state index contributed by atoms with van der Waals surface area (Å²) in [5.41, 5.74) is 6.12. The van der Waals surface area contributed by atoms with Gasteiger partial charge in [-0.15, -0.1) is 5.10 Å². The van der Waals surface area contributed by atoms with Crippen molar-refractivity contribution in [2.24, 2.45) is 10.9 Å². The summed E-state index contributed by atoms with van der Waals surface area (Å²) in [5.74, 6) is 0.664. The molecule has 0 fully saturated rings. The van der Waals surface area contributed by atoms with Gasteiger partial charge in [-0.3, -0.25) is 0 Å². The van der Waals surface area contributed by atoms with Crippen LogP contribution in [-0.4, -0.2) is 34.8 Å². The lowest BCUT2D eigenvalue weighted by Crippen LogP contribution is -2.25. The highest BCUT2D eigenvalue weighted by Gasteiger charge is 2.11. The summed E-state index contributed by atoms with van der Waals surface area (Å²) >= 11 is 0. The van der Waals surface area contributed by atoms with Crippen molar-refractivity contribution in [3.8, 4) is 0 Å². The number of rotatable bonds is 4. The predicted octanol–water partition coefficient (Wildman–Crippen LogP) is 0.417. The van der Waals surface area contributed by atoms with Gasteiger partial charge in [-0.1, -0.05) is 12.1 Å². The third-order valence-corrected chi connectivity index (χ3v) is 2.01. The number of aromatic nitrogens is 2. The van der Waals surface area contributed by atoms with Crippen molar-refractivity contribution in [1.29, 1.82) is 0 Å². The molecule has 15 heavy (non-hydrogen) atoms. The fourth-order valence-electron chi connectivity index (χ4n) is 1.30. The number of amidine groups is 1. The minimum Gasteiger partial charge on any atom is -0.409 e. The van der Waals surface area contributed by atoms with Crippen LogP contribution in [0.4, 0.5) is 5.82 Å². The van der Waals surface area contributed by atoms with Gasteiger partial charge in [0.1, 0.15) is 0 Å². The van der Waals surface area contributed by atoms with E-state index in [1.54, 1.807) is 6.07 Å². The second kappa shape index (κ2) is 5.14. The molecule has 0 bridgehead atoms. The van der Waals surface area contributed by atoms with Gasteiger partial charge in [0, 0.05) is 13.6 Å². The van der Waals surface area contributed by atoms with Crippen LogP contribution in [-0.2, 0) is 0 Å². The number of nitrogens with two attached hydrogens (primary N) is 1. The Bertz CT molecular complexity index is 352. The largest absolute Gasteiger partial charge is 0.409 e. The van der Waals surface area contributed by atoms with E-state index >= 15 is 0 Å². The van der Waals surface area contributed by atoms with Gasteiger partial charge in [0.05, 0.1) is 11.8 Å². The molecular formula is C9H15N5O. The van der Waals surface area contributed by atoms with E-state index in [4.69, 9.17) is 10.9 Å². The Balaban J connectivity index is 3.06. The van der Waals surface area contributed by atoms with Gasteiger partial charge in [0.15, 0.2) is 11.7 Å². The van der Waals surface area contributed by atoms with E-state index < -0.39 is 0 Å². The van der Waals surface area contributed by atoms with Crippen molar-refractivity contribution in [3.05, 3.63) is 17.8 Å². The van der Waals surface area contributed by atoms with Gasteiger partial charge in [0.2, 0.25) is 0 Å². The maximum Gasteiger partial charge on any atom is 0.173 e. The van der Waals surface area contributed by atoms with E-state index in [1.807, 2.05) is 11.9 Å². The first-order valence-electron chi connectivity index (χ1n) is 4.71. The molecule has 0 radical (unpaired) electrons. The minimum atomic E-state index is 0.0443. The molecule has 0 amide bonds. The van der Waals surface area contributed by atoms with Gasteiger partial charge >= 0.3 is 0 Å². The first-order chi connectivity index (χ1) is 7.20. The van der Waals surface area contributed by atoms with E-state index in [0.717, 1.165) is 13.0 Å². The number of hydrogen-bond acceptors (Lipinski definition) is 5. The molecule has 6 heteroatoms. The summed E-state index contributed by atoms with van der Waals surface area (Å²) in [6.45, 7) is 2.90. The zero-order valence-corrected chi connectivity index (χ0v) is 8.88. The number of nitrogens with zero attached hydrogens (tertiary/aromatic N) is 4. The number of anilines is 1. The topological polar surface area (TPSA) is 87.6 Å². The van der Waals surface area contributed by atoms with Crippen LogP contribution >= 0.6 is 0 Å². The van der Waals surface area contributed by atoms with Crippen molar-refractivity contribution >= 4 is 11.7 Å². The molecule has 0 aliphatic heterocycles. The molecule has 0 saturated heterocycles. The summed E-state index contributed by atoms with van der Waals surface area (Å²) in [5, 5.41) is 19.3. The Kier molecular flexibility index (Phi) is 3.84. The molecule has 0 aliphatic carbocycles. The average Bonchev–Trinajstić information content (AvgIpc) is 2.28. The lowest BCUT2D eigenvalue weighted by molar-refractivity contribution is 0.318. The fraction of sp³-hybridized carbons (Fsp3) is 0.444. The normalized spacial score (nSPS) is 11.5. The van der Waals surface area contributed by atoms with Crippen LogP contribution in [0.5, 0.6) is 0 Å². The zero-order chi connectivity index (χ0) is 11.3. The van der Waals surface area contributed by atoms with Gasteiger partial charge in [-0.2, -0.15) is 5.10 Å². The zero-order valence-electron chi connectivity index (χ0n) is 8.88. The van der Waals surface area contributed by atoms with E-state index in [0.29, 0.717) is 11.4 Å². The average molecular weight is 209 g/mol. The highest BCUT2D eigenvalue weighted by Crippen LogP contribution is 2.14. The Hall–Kier alpha value is -1.85. The lowest BCUT2D eigenvalue weighted by atomic mass is 10.2. The van der Waals surface area contributed by atoms with Gasteiger partial charge in [-0.05, 0) is 12.5 Å². The van der Waals surface area contributed by atoms with E-state index in [9.17, 15) is 0 Å². The van der Waals surface area contributed by atoms with E-state index in [1.165, 1.54) is 6.20 Å². The molecule has 0 aromatic carbocycles. The Labute approximate surface area is 88.4 Å². The summed E-state index contributed by atoms with van der Waals surface area (Å²) in [6, 6.07) is 1.67. The highest BCUT2D eigenvalue weighted by atomic mass is 16.4. The predicted molar refractivity (Wildman–Crippen MR) is 58.1 cm³/mol. The second-order valence-electron chi connectivity index (χ2n) is 3.18. The van der Waals surface area contributed by atoms with Crippen LogP contribution in [0.2, 0.25) is 0 Å². The fourth-order valence-corrected chi connectivity index (χ4v) is 1.30. The maximum atomic E-state index is 8.62. The Morgan fingerprint density at radius 2 is 2.40 bits per heavy atom. The first kappa shape index (κ1) is 11.2. The molecule has 1 aromatic heterocycles. The van der Waals surface area contributed by atoms with Gasteiger partial charge in [0.25, 0.3) is 0 Å². The van der Waals surface area contributed by atoms with Gasteiger partial charge in [-0.25, -0.2) is 0 Å². The molecule has 82 valence electrons. The minimum absolute atomic E-state index is 0.0443. The molecule has 1 heterocycles. The van der Waals surface area contributed by atoms with Crippen molar-refractivity contribution in [2.75, 3.05) is 18.5 Å². The summed E-state index contributed by atoms with van der Waals surface area (Å²) in [6.07, 6.45) is 2.50. The van der Waals surface area contributed by atoms with Crippen LogP contribution in [0.3, 0.4) is 0 Å². The molecule has 0 spiro atoms. The standard InChI is InChI=1S/C9H15N5O/c1-3-6-14(2)9-7(8(10)13-15)4-5-11-12-9/h4-5,15H,3,6H2,1-2H3,(H2,10,13). The van der Waals surface area contributed by atoms with Crippen LogP contribution < -0.4 is 10.6 Å². The maximum absolute atomic E-state index is 8.62. The molecule has 1 aromatic rings. The molecule has 1 rings (SSSR count). The molecular weight excluding hydrogens is 194 g/mol. The third kappa shape index (κ3) is 2.55. The van der Waals surface area contributed by atoms with Crippen LogP contribution in [0.1, 0.15) is 18.9 Å². The molecule has 0 saturated carbocycles. The highest BCUT2D eigenvalue weighted by molar-refractivity contribution is 6.01. The molecule has 6 nitrogen and oxygen atoms in total. The number of hydrogen-bond donors (Lipinski definition) is 2. The van der Waals surface area contributed by atoms with Crippen molar-refractivity contribution in [3.63, 3.8) is 0 Å². The molecule has 0 unspecified atom stereocenters. The van der Waals surface area contributed by atoms with Crippen molar-refractivity contribution in [1.82, 2.24) is 10.2 Å². The molecule has 0 atom stereocenters. The summed E-state index contributed by atoms with van der Waals surface area (Å²) < 4.78 is 0. The first-order valence-corrected chi connectivity index (χ1v) is 4.71.